The molecule has 0 bridgehead atoms. The average molecular weight is 333 g/mol. The zero-order valence-electron chi connectivity index (χ0n) is 15.1. The van der Waals surface area contributed by atoms with Crippen LogP contribution in [0.4, 0.5) is 5.69 Å². The van der Waals surface area contributed by atoms with E-state index in [0.717, 1.165) is 38.9 Å². The molecule has 1 N–H and O–H groups in total. The van der Waals surface area contributed by atoms with Crippen LogP contribution in [0.3, 0.4) is 0 Å². The third-order valence-corrected chi connectivity index (χ3v) is 4.69. The van der Waals surface area contributed by atoms with Gasteiger partial charge < -0.3 is 10.1 Å². The second-order valence-electron chi connectivity index (χ2n) is 6.45. The Labute approximate surface area is 148 Å². The van der Waals surface area contributed by atoms with Crippen LogP contribution in [0.15, 0.2) is 54.6 Å². The third-order valence-electron chi connectivity index (χ3n) is 4.69. The summed E-state index contributed by atoms with van der Waals surface area (Å²) in [7, 11) is 1.66. The normalized spacial score (nSPS) is 12.0. The number of ether oxygens (including phenoxy) is 1. The highest BCUT2D eigenvalue weighted by molar-refractivity contribution is 5.97. The number of benzene rings is 3. The molecular formula is C22H23NO2. The number of para-hydroxylation sites is 1. The number of anilines is 1. The van der Waals surface area contributed by atoms with Crippen molar-refractivity contribution in [2.45, 2.75) is 26.7 Å². The molecule has 0 aromatic heterocycles. The van der Waals surface area contributed by atoms with E-state index in [1.54, 1.807) is 7.11 Å². The maximum absolute atomic E-state index is 12.7. The van der Waals surface area contributed by atoms with E-state index in [0.29, 0.717) is 0 Å². The topological polar surface area (TPSA) is 38.3 Å². The first-order valence-corrected chi connectivity index (χ1v) is 8.44. The van der Waals surface area contributed by atoms with Crippen molar-refractivity contribution in [2.75, 3.05) is 12.4 Å². The van der Waals surface area contributed by atoms with E-state index in [-0.39, 0.29) is 11.8 Å². The zero-order chi connectivity index (χ0) is 18.0. The van der Waals surface area contributed by atoms with Crippen molar-refractivity contribution >= 4 is 22.4 Å². The molecule has 3 heteroatoms. The number of rotatable bonds is 4. The number of hydrogen-bond acceptors (Lipinski definition) is 2. The van der Waals surface area contributed by atoms with E-state index in [1.165, 1.54) is 0 Å². The highest BCUT2D eigenvalue weighted by atomic mass is 16.5. The Morgan fingerprint density at radius 3 is 2.28 bits per heavy atom. The molecule has 0 saturated carbocycles. The van der Waals surface area contributed by atoms with Crippen LogP contribution < -0.4 is 10.1 Å². The molecule has 0 spiro atoms. The van der Waals surface area contributed by atoms with Crippen LogP contribution in [0.5, 0.6) is 5.75 Å². The summed E-state index contributed by atoms with van der Waals surface area (Å²) in [5.74, 6) is 0.608. The average Bonchev–Trinajstić information content (AvgIpc) is 2.63. The maximum atomic E-state index is 12.7. The number of amides is 1. The van der Waals surface area contributed by atoms with Gasteiger partial charge in [-0.1, -0.05) is 42.5 Å². The summed E-state index contributed by atoms with van der Waals surface area (Å²) < 4.78 is 5.26. The lowest BCUT2D eigenvalue weighted by Crippen LogP contribution is -2.20. The Morgan fingerprint density at radius 1 is 0.960 bits per heavy atom. The van der Waals surface area contributed by atoms with Gasteiger partial charge in [0.15, 0.2) is 0 Å². The molecule has 0 aliphatic carbocycles. The standard InChI is InChI=1S/C22H23NO2/c1-14-6-5-7-15(2)21(14)23-22(24)16(3)17-8-9-19-13-20(25-4)11-10-18(19)12-17/h5-13,16H,1-4H3,(H,23,24)/t16-/m1/s1. The zero-order valence-corrected chi connectivity index (χ0v) is 15.1. The number of methoxy groups -OCH3 is 1. The minimum Gasteiger partial charge on any atom is -0.497 e. The van der Waals surface area contributed by atoms with E-state index in [9.17, 15) is 4.79 Å². The van der Waals surface area contributed by atoms with Crippen LogP contribution in [-0.4, -0.2) is 13.0 Å². The van der Waals surface area contributed by atoms with E-state index in [2.05, 4.69) is 11.4 Å². The third kappa shape index (κ3) is 3.50. The Kier molecular flexibility index (Phi) is 4.75. The summed E-state index contributed by atoms with van der Waals surface area (Å²) in [6, 6.07) is 18.1. The minimum atomic E-state index is -0.231. The number of fused-ring (bicyclic) bond motifs is 1. The van der Waals surface area contributed by atoms with Gasteiger partial charge >= 0.3 is 0 Å². The molecule has 0 aliphatic heterocycles. The summed E-state index contributed by atoms with van der Waals surface area (Å²) in [6.45, 7) is 5.96. The second-order valence-corrected chi connectivity index (χ2v) is 6.45. The lowest BCUT2D eigenvalue weighted by atomic mass is 9.96. The Bertz CT molecular complexity index is 910. The molecule has 3 nitrogen and oxygen atoms in total. The summed E-state index contributed by atoms with van der Waals surface area (Å²) in [4.78, 5) is 12.7. The molecule has 128 valence electrons. The number of hydrogen-bond donors (Lipinski definition) is 1. The molecule has 1 atom stereocenters. The largest absolute Gasteiger partial charge is 0.497 e. The Hall–Kier alpha value is -2.81. The van der Waals surface area contributed by atoms with Gasteiger partial charge in [-0.3, -0.25) is 4.79 Å². The fourth-order valence-electron chi connectivity index (χ4n) is 3.03. The van der Waals surface area contributed by atoms with Crippen molar-refractivity contribution in [2.24, 2.45) is 0 Å². The number of carbonyl (C=O) groups excluding carboxylic acids is 1. The van der Waals surface area contributed by atoms with Crippen molar-refractivity contribution < 1.29 is 9.53 Å². The van der Waals surface area contributed by atoms with Crippen molar-refractivity contribution in [3.8, 4) is 5.75 Å². The van der Waals surface area contributed by atoms with E-state index in [1.807, 2.05) is 69.3 Å². The lowest BCUT2D eigenvalue weighted by molar-refractivity contribution is -0.117. The first kappa shape index (κ1) is 17.0. The molecular weight excluding hydrogens is 310 g/mol. The lowest BCUT2D eigenvalue weighted by Gasteiger charge is -2.16. The Balaban J connectivity index is 1.85. The minimum absolute atomic E-state index is 0.00487. The van der Waals surface area contributed by atoms with Crippen molar-refractivity contribution in [3.63, 3.8) is 0 Å². The summed E-state index contributed by atoms with van der Waals surface area (Å²) >= 11 is 0. The van der Waals surface area contributed by atoms with Gasteiger partial charge in [0, 0.05) is 5.69 Å². The molecule has 0 heterocycles. The highest BCUT2D eigenvalue weighted by Crippen LogP contribution is 2.27. The van der Waals surface area contributed by atoms with Crippen molar-refractivity contribution in [1.82, 2.24) is 0 Å². The predicted octanol–water partition coefficient (Wildman–Crippen LogP) is 5.21. The monoisotopic (exact) mass is 333 g/mol. The smallest absolute Gasteiger partial charge is 0.231 e. The first-order chi connectivity index (χ1) is 12.0. The molecule has 3 aromatic rings. The van der Waals surface area contributed by atoms with Gasteiger partial charge in [0.05, 0.1) is 13.0 Å². The second kappa shape index (κ2) is 6.98. The molecule has 0 saturated heterocycles. The van der Waals surface area contributed by atoms with Gasteiger partial charge in [-0.2, -0.15) is 0 Å². The molecule has 0 fully saturated rings. The van der Waals surface area contributed by atoms with Crippen LogP contribution in [-0.2, 0) is 4.79 Å². The molecule has 0 radical (unpaired) electrons. The Morgan fingerprint density at radius 2 is 1.60 bits per heavy atom. The maximum Gasteiger partial charge on any atom is 0.231 e. The number of carbonyl (C=O) groups is 1. The fraction of sp³-hybridized carbons (Fsp3) is 0.227. The summed E-state index contributed by atoms with van der Waals surface area (Å²) in [6.07, 6.45) is 0. The molecule has 1 amide bonds. The van der Waals surface area contributed by atoms with Crippen LogP contribution in [0.25, 0.3) is 10.8 Å². The molecule has 0 unspecified atom stereocenters. The quantitative estimate of drug-likeness (QED) is 0.712. The van der Waals surface area contributed by atoms with E-state index >= 15 is 0 Å². The summed E-state index contributed by atoms with van der Waals surface area (Å²) in [5.41, 5.74) is 4.06. The van der Waals surface area contributed by atoms with Gasteiger partial charge in [-0.25, -0.2) is 0 Å². The summed E-state index contributed by atoms with van der Waals surface area (Å²) in [5, 5.41) is 5.29. The van der Waals surface area contributed by atoms with Gasteiger partial charge in [-0.05, 0) is 60.4 Å². The fourth-order valence-corrected chi connectivity index (χ4v) is 3.03. The van der Waals surface area contributed by atoms with Crippen LogP contribution in [0, 0.1) is 13.8 Å². The van der Waals surface area contributed by atoms with E-state index < -0.39 is 0 Å². The molecule has 0 aliphatic rings. The molecule has 3 rings (SSSR count). The van der Waals surface area contributed by atoms with Crippen molar-refractivity contribution in [1.29, 1.82) is 0 Å². The number of aryl methyl sites for hydroxylation is 2. The van der Waals surface area contributed by atoms with Crippen LogP contribution in [0.1, 0.15) is 29.5 Å². The molecule has 25 heavy (non-hydrogen) atoms. The number of nitrogens with one attached hydrogen (secondary N) is 1. The van der Waals surface area contributed by atoms with Crippen LogP contribution >= 0.6 is 0 Å². The van der Waals surface area contributed by atoms with Crippen molar-refractivity contribution in [3.05, 3.63) is 71.3 Å². The van der Waals surface area contributed by atoms with Gasteiger partial charge in [0.1, 0.15) is 5.75 Å². The highest BCUT2D eigenvalue weighted by Gasteiger charge is 2.17. The SMILES string of the molecule is COc1ccc2cc([C@@H](C)C(=O)Nc3c(C)cccc3C)ccc2c1. The first-order valence-electron chi connectivity index (χ1n) is 8.44. The van der Waals surface area contributed by atoms with Gasteiger partial charge in [-0.15, -0.1) is 0 Å². The van der Waals surface area contributed by atoms with Gasteiger partial charge in [0.25, 0.3) is 0 Å². The van der Waals surface area contributed by atoms with E-state index in [4.69, 9.17) is 4.74 Å². The predicted molar refractivity (Wildman–Crippen MR) is 103 cm³/mol. The molecule has 3 aromatic carbocycles. The van der Waals surface area contributed by atoms with Crippen LogP contribution in [0.2, 0.25) is 0 Å². The van der Waals surface area contributed by atoms with Gasteiger partial charge in [0.2, 0.25) is 5.91 Å².